The van der Waals surface area contributed by atoms with Gasteiger partial charge in [-0.15, -0.1) is 11.3 Å². The summed E-state index contributed by atoms with van der Waals surface area (Å²) in [5.74, 6) is 0. The molecule has 0 aliphatic carbocycles. The molecule has 70 valence electrons. The van der Waals surface area contributed by atoms with Crippen LogP contribution in [0, 0.1) is 11.3 Å². The molecule has 2 rings (SSSR count). The Hall–Kier alpha value is -0.890. The molecule has 0 atom stereocenters. The van der Waals surface area contributed by atoms with E-state index in [0.717, 1.165) is 13.9 Å². The van der Waals surface area contributed by atoms with Crippen molar-refractivity contribution in [2.75, 3.05) is 0 Å². The monoisotopic (exact) mass is 267 g/mol. The number of nitrogens with zero attached hydrogens (tertiary/aromatic N) is 1. The van der Waals surface area contributed by atoms with E-state index in [1.165, 1.54) is 0 Å². The highest BCUT2D eigenvalue weighted by atomic mass is 79.9. The number of thiophene rings is 1. The fourth-order valence-corrected chi connectivity index (χ4v) is 2.93. The number of nitriles is 1. The predicted octanol–water partition coefficient (Wildman–Crippen LogP) is 3.03. The largest absolute Gasteiger partial charge is 0.392 e. The van der Waals surface area contributed by atoms with E-state index >= 15 is 0 Å². The Kier molecular flexibility index (Phi) is 2.55. The summed E-state index contributed by atoms with van der Waals surface area (Å²) in [6.07, 6.45) is 0. The highest BCUT2D eigenvalue weighted by Crippen LogP contribution is 2.31. The van der Waals surface area contributed by atoms with Crippen LogP contribution in [-0.4, -0.2) is 5.11 Å². The van der Waals surface area contributed by atoms with Crippen LogP contribution in [0.3, 0.4) is 0 Å². The standard InChI is InChI=1S/C10H6BrNOS/c11-10-3-6-1-7(4-12)8(5-13)2-9(6)14-10/h1-3,13H,5H2. The molecule has 0 radical (unpaired) electrons. The van der Waals surface area contributed by atoms with Crippen molar-refractivity contribution in [3.05, 3.63) is 33.1 Å². The molecular weight excluding hydrogens is 262 g/mol. The smallest absolute Gasteiger partial charge is 0.0995 e. The predicted molar refractivity (Wildman–Crippen MR) is 60.2 cm³/mol. The third kappa shape index (κ3) is 1.55. The van der Waals surface area contributed by atoms with Crippen molar-refractivity contribution in [3.63, 3.8) is 0 Å². The summed E-state index contributed by atoms with van der Waals surface area (Å²) < 4.78 is 2.12. The van der Waals surface area contributed by atoms with Gasteiger partial charge in [0.25, 0.3) is 0 Å². The van der Waals surface area contributed by atoms with Crippen LogP contribution in [0.5, 0.6) is 0 Å². The van der Waals surface area contributed by atoms with E-state index in [1.807, 2.05) is 18.2 Å². The Bertz CT molecular complexity index is 527. The van der Waals surface area contributed by atoms with Crippen LogP contribution < -0.4 is 0 Å². The average Bonchev–Trinajstić information content (AvgIpc) is 2.54. The number of rotatable bonds is 1. The quantitative estimate of drug-likeness (QED) is 0.863. The van der Waals surface area contributed by atoms with Gasteiger partial charge in [0.2, 0.25) is 0 Å². The van der Waals surface area contributed by atoms with Crippen LogP contribution >= 0.6 is 27.3 Å². The molecule has 2 aromatic rings. The number of halogens is 1. The molecule has 0 amide bonds. The number of aliphatic hydroxyl groups is 1. The fraction of sp³-hybridized carbons (Fsp3) is 0.100. The Morgan fingerprint density at radius 1 is 1.43 bits per heavy atom. The Morgan fingerprint density at radius 3 is 2.86 bits per heavy atom. The van der Waals surface area contributed by atoms with Crippen molar-refractivity contribution < 1.29 is 5.11 Å². The maximum atomic E-state index is 9.06. The van der Waals surface area contributed by atoms with Gasteiger partial charge in [-0.3, -0.25) is 0 Å². The van der Waals surface area contributed by atoms with E-state index in [0.29, 0.717) is 11.1 Å². The van der Waals surface area contributed by atoms with E-state index < -0.39 is 0 Å². The number of benzene rings is 1. The van der Waals surface area contributed by atoms with Gasteiger partial charge >= 0.3 is 0 Å². The maximum Gasteiger partial charge on any atom is 0.0995 e. The lowest BCUT2D eigenvalue weighted by atomic mass is 10.1. The first-order chi connectivity index (χ1) is 6.74. The molecule has 14 heavy (non-hydrogen) atoms. The Labute approximate surface area is 93.5 Å². The summed E-state index contributed by atoms with van der Waals surface area (Å²) in [6, 6.07) is 7.72. The fourth-order valence-electron chi connectivity index (χ4n) is 1.33. The number of fused-ring (bicyclic) bond motifs is 1. The number of hydrogen-bond donors (Lipinski definition) is 1. The lowest BCUT2D eigenvalue weighted by Crippen LogP contribution is -1.88. The van der Waals surface area contributed by atoms with E-state index in [-0.39, 0.29) is 6.61 Å². The molecular formula is C10H6BrNOS. The molecule has 0 saturated heterocycles. The number of hydrogen-bond acceptors (Lipinski definition) is 3. The highest BCUT2D eigenvalue weighted by molar-refractivity contribution is 9.11. The van der Waals surface area contributed by atoms with Gasteiger partial charge in [-0.05, 0) is 45.1 Å². The molecule has 4 heteroatoms. The summed E-state index contributed by atoms with van der Waals surface area (Å²) >= 11 is 4.99. The van der Waals surface area contributed by atoms with Gasteiger partial charge in [0.15, 0.2) is 0 Å². The van der Waals surface area contributed by atoms with Crippen LogP contribution in [0.1, 0.15) is 11.1 Å². The Balaban J connectivity index is 2.76. The summed E-state index contributed by atoms with van der Waals surface area (Å²) in [5.41, 5.74) is 1.24. The normalized spacial score (nSPS) is 10.4. The second-order valence-corrected chi connectivity index (χ2v) is 5.33. The molecule has 0 saturated carbocycles. The molecule has 0 aliphatic rings. The molecule has 0 spiro atoms. The second-order valence-electron chi connectivity index (χ2n) is 2.87. The van der Waals surface area contributed by atoms with E-state index in [2.05, 4.69) is 22.0 Å². The zero-order valence-electron chi connectivity index (χ0n) is 7.12. The van der Waals surface area contributed by atoms with Crippen LogP contribution in [0.25, 0.3) is 10.1 Å². The zero-order valence-corrected chi connectivity index (χ0v) is 9.52. The summed E-state index contributed by atoms with van der Waals surface area (Å²) in [6.45, 7) is -0.0889. The summed E-state index contributed by atoms with van der Waals surface area (Å²) in [7, 11) is 0. The summed E-state index contributed by atoms with van der Waals surface area (Å²) in [5, 5.41) is 18.9. The average molecular weight is 268 g/mol. The second kappa shape index (κ2) is 3.70. The lowest BCUT2D eigenvalue weighted by molar-refractivity contribution is 0.281. The van der Waals surface area contributed by atoms with Crippen LogP contribution in [0.4, 0.5) is 0 Å². The van der Waals surface area contributed by atoms with Gasteiger partial charge in [0.1, 0.15) is 0 Å². The molecule has 1 N–H and O–H groups in total. The molecule has 0 aliphatic heterocycles. The van der Waals surface area contributed by atoms with Gasteiger partial charge in [0.05, 0.1) is 22.0 Å². The van der Waals surface area contributed by atoms with Crippen LogP contribution in [0.2, 0.25) is 0 Å². The first-order valence-electron chi connectivity index (χ1n) is 3.97. The van der Waals surface area contributed by atoms with Crippen LogP contribution in [0.15, 0.2) is 22.0 Å². The molecule has 1 aromatic carbocycles. The third-order valence-corrected chi connectivity index (χ3v) is 3.60. The van der Waals surface area contributed by atoms with Gasteiger partial charge in [0, 0.05) is 4.70 Å². The molecule has 2 nitrogen and oxygen atoms in total. The molecule has 1 heterocycles. The van der Waals surface area contributed by atoms with Crippen LogP contribution in [-0.2, 0) is 6.61 Å². The van der Waals surface area contributed by atoms with Gasteiger partial charge in [-0.1, -0.05) is 0 Å². The van der Waals surface area contributed by atoms with Crippen molar-refractivity contribution in [1.29, 1.82) is 5.26 Å². The van der Waals surface area contributed by atoms with E-state index in [4.69, 9.17) is 10.4 Å². The SMILES string of the molecule is N#Cc1cc2cc(Br)sc2cc1CO. The number of aliphatic hydroxyl groups excluding tert-OH is 1. The minimum absolute atomic E-state index is 0.0889. The van der Waals surface area contributed by atoms with E-state index in [1.54, 1.807) is 11.3 Å². The highest BCUT2D eigenvalue weighted by Gasteiger charge is 2.06. The van der Waals surface area contributed by atoms with Crippen molar-refractivity contribution in [1.82, 2.24) is 0 Å². The first kappa shape index (κ1) is 9.66. The maximum absolute atomic E-state index is 9.06. The van der Waals surface area contributed by atoms with E-state index in [9.17, 15) is 0 Å². The zero-order chi connectivity index (χ0) is 10.1. The first-order valence-corrected chi connectivity index (χ1v) is 5.58. The molecule has 0 bridgehead atoms. The van der Waals surface area contributed by atoms with Crippen molar-refractivity contribution in [3.8, 4) is 6.07 Å². The molecule has 0 unspecified atom stereocenters. The van der Waals surface area contributed by atoms with Crippen molar-refractivity contribution in [2.24, 2.45) is 0 Å². The minimum Gasteiger partial charge on any atom is -0.392 e. The lowest BCUT2D eigenvalue weighted by Gasteiger charge is -1.99. The molecule has 0 fully saturated rings. The minimum atomic E-state index is -0.0889. The molecule has 1 aromatic heterocycles. The van der Waals surface area contributed by atoms with Gasteiger partial charge in [-0.25, -0.2) is 0 Å². The summed E-state index contributed by atoms with van der Waals surface area (Å²) in [4.78, 5) is 0. The third-order valence-electron chi connectivity index (χ3n) is 2.00. The van der Waals surface area contributed by atoms with Crippen molar-refractivity contribution >= 4 is 37.4 Å². The van der Waals surface area contributed by atoms with Gasteiger partial charge < -0.3 is 5.11 Å². The Morgan fingerprint density at radius 2 is 2.21 bits per heavy atom. The van der Waals surface area contributed by atoms with Crippen molar-refractivity contribution in [2.45, 2.75) is 6.61 Å². The topological polar surface area (TPSA) is 44.0 Å². The van der Waals surface area contributed by atoms with Gasteiger partial charge in [-0.2, -0.15) is 5.26 Å².